The molecule has 100 valence electrons. The van der Waals surface area contributed by atoms with Crippen molar-refractivity contribution >= 4 is 0 Å². The minimum absolute atomic E-state index is 0.209. The average Bonchev–Trinajstić information content (AvgIpc) is 3.13. The molecular weight excluding hydrogens is 212 g/mol. The summed E-state index contributed by atoms with van der Waals surface area (Å²) in [6, 6.07) is 0. The zero-order valence-electron chi connectivity index (χ0n) is 11.5. The topological polar surface area (TPSA) is 38.5 Å². The van der Waals surface area contributed by atoms with E-state index < -0.39 is 0 Å². The largest absolute Gasteiger partial charge is 0.378 e. The van der Waals surface area contributed by atoms with Crippen LogP contribution in [-0.2, 0) is 4.74 Å². The SMILES string of the molecule is CCCC1CC(CN)(N(C)CC2CC2)CCO1. The summed E-state index contributed by atoms with van der Waals surface area (Å²) in [4.78, 5) is 2.54. The molecule has 17 heavy (non-hydrogen) atoms. The van der Waals surface area contributed by atoms with Crippen molar-refractivity contribution in [1.82, 2.24) is 4.90 Å². The monoisotopic (exact) mass is 240 g/mol. The minimum Gasteiger partial charge on any atom is -0.378 e. The van der Waals surface area contributed by atoms with Gasteiger partial charge >= 0.3 is 0 Å². The lowest BCUT2D eigenvalue weighted by atomic mass is 9.83. The van der Waals surface area contributed by atoms with Crippen LogP contribution in [0.25, 0.3) is 0 Å². The molecule has 0 aromatic rings. The van der Waals surface area contributed by atoms with E-state index in [9.17, 15) is 0 Å². The number of hydrogen-bond acceptors (Lipinski definition) is 3. The molecule has 0 bridgehead atoms. The molecule has 1 aliphatic carbocycles. The van der Waals surface area contributed by atoms with Crippen LogP contribution in [0.1, 0.15) is 45.4 Å². The summed E-state index contributed by atoms with van der Waals surface area (Å²) in [5.41, 5.74) is 6.31. The lowest BCUT2D eigenvalue weighted by Gasteiger charge is -2.46. The molecule has 0 radical (unpaired) electrons. The molecule has 0 amide bonds. The van der Waals surface area contributed by atoms with Gasteiger partial charge in [0.2, 0.25) is 0 Å². The van der Waals surface area contributed by atoms with Gasteiger partial charge in [0.15, 0.2) is 0 Å². The summed E-state index contributed by atoms with van der Waals surface area (Å²) in [5, 5.41) is 0. The van der Waals surface area contributed by atoms with Crippen LogP contribution in [0.3, 0.4) is 0 Å². The Bertz CT molecular complexity index is 240. The van der Waals surface area contributed by atoms with Crippen LogP contribution in [0, 0.1) is 5.92 Å². The number of ether oxygens (including phenoxy) is 1. The average molecular weight is 240 g/mol. The van der Waals surface area contributed by atoms with E-state index in [2.05, 4.69) is 18.9 Å². The summed E-state index contributed by atoms with van der Waals surface area (Å²) < 4.78 is 5.86. The van der Waals surface area contributed by atoms with Gasteiger partial charge in [-0.3, -0.25) is 4.90 Å². The van der Waals surface area contributed by atoms with Crippen LogP contribution >= 0.6 is 0 Å². The first kappa shape index (κ1) is 13.3. The highest BCUT2D eigenvalue weighted by atomic mass is 16.5. The van der Waals surface area contributed by atoms with Crippen molar-refractivity contribution in [2.45, 2.75) is 57.1 Å². The highest BCUT2D eigenvalue weighted by molar-refractivity contribution is 4.96. The van der Waals surface area contributed by atoms with Crippen molar-refractivity contribution in [2.75, 3.05) is 26.7 Å². The molecular formula is C14H28N2O. The van der Waals surface area contributed by atoms with Crippen LogP contribution < -0.4 is 5.73 Å². The van der Waals surface area contributed by atoms with Gasteiger partial charge < -0.3 is 10.5 Å². The van der Waals surface area contributed by atoms with Crippen molar-refractivity contribution in [3.63, 3.8) is 0 Å². The molecule has 0 aromatic heterocycles. The predicted molar refractivity (Wildman–Crippen MR) is 71.0 cm³/mol. The molecule has 2 N–H and O–H groups in total. The molecule has 2 unspecified atom stereocenters. The van der Waals surface area contributed by atoms with Gasteiger partial charge in [-0.25, -0.2) is 0 Å². The second-order valence-electron chi connectivity index (χ2n) is 5.99. The lowest BCUT2D eigenvalue weighted by Crippen LogP contribution is -2.57. The van der Waals surface area contributed by atoms with Crippen molar-refractivity contribution in [3.05, 3.63) is 0 Å². The van der Waals surface area contributed by atoms with Crippen LogP contribution in [0.4, 0.5) is 0 Å². The van der Waals surface area contributed by atoms with E-state index in [0.29, 0.717) is 6.10 Å². The zero-order chi connectivity index (χ0) is 12.3. The van der Waals surface area contributed by atoms with Crippen molar-refractivity contribution in [2.24, 2.45) is 11.7 Å². The Balaban J connectivity index is 1.95. The maximum absolute atomic E-state index is 6.10. The van der Waals surface area contributed by atoms with E-state index in [1.165, 1.54) is 32.2 Å². The molecule has 3 heteroatoms. The fourth-order valence-corrected chi connectivity index (χ4v) is 3.08. The van der Waals surface area contributed by atoms with Crippen molar-refractivity contribution in [1.29, 1.82) is 0 Å². The van der Waals surface area contributed by atoms with E-state index in [1.54, 1.807) is 0 Å². The predicted octanol–water partition coefficient (Wildman–Crippen LogP) is 2.00. The summed E-state index contributed by atoms with van der Waals surface area (Å²) in [5.74, 6) is 0.941. The Hall–Kier alpha value is -0.120. The quantitative estimate of drug-likeness (QED) is 0.772. The molecule has 1 saturated carbocycles. The van der Waals surface area contributed by atoms with Crippen LogP contribution in [0.15, 0.2) is 0 Å². The third kappa shape index (κ3) is 3.21. The van der Waals surface area contributed by atoms with E-state index in [0.717, 1.165) is 31.9 Å². The minimum atomic E-state index is 0.209. The van der Waals surface area contributed by atoms with Gasteiger partial charge in [0.1, 0.15) is 0 Å². The summed E-state index contributed by atoms with van der Waals surface area (Å²) >= 11 is 0. The van der Waals surface area contributed by atoms with Crippen molar-refractivity contribution in [3.8, 4) is 0 Å². The molecule has 1 heterocycles. The molecule has 2 rings (SSSR count). The number of hydrogen-bond donors (Lipinski definition) is 1. The maximum Gasteiger partial charge on any atom is 0.0593 e. The Morgan fingerprint density at radius 3 is 2.76 bits per heavy atom. The number of rotatable bonds is 6. The fraction of sp³-hybridized carbons (Fsp3) is 1.00. The molecule has 0 spiro atoms. The third-order valence-corrected chi connectivity index (χ3v) is 4.56. The Labute approximate surface area is 106 Å². The lowest BCUT2D eigenvalue weighted by molar-refractivity contribution is -0.0677. The van der Waals surface area contributed by atoms with E-state index in [-0.39, 0.29) is 5.54 Å². The normalized spacial score (nSPS) is 34.2. The molecule has 1 aliphatic heterocycles. The van der Waals surface area contributed by atoms with Crippen LogP contribution in [-0.4, -0.2) is 43.3 Å². The van der Waals surface area contributed by atoms with E-state index in [1.807, 2.05) is 0 Å². The van der Waals surface area contributed by atoms with Gasteiger partial charge in [-0.05, 0) is 45.1 Å². The molecule has 2 aliphatic rings. The van der Waals surface area contributed by atoms with E-state index in [4.69, 9.17) is 10.5 Å². The number of nitrogens with zero attached hydrogens (tertiary/aromatic N) is 1. The van der Waals surface area contributed by atoms with Gasteiger partial charge in [-0.2, -0.15) is 0 Å². The summed E-state index contributed by atoms with van der Waals surface area (Å²) in [6.45, 7) is 5.13. The third-order valence-electron chi connectivity index (χ3n) is 4.56. The molecule has 3 nitrogen and oxygen atoms in total. The second kappa shape index (κ2) is 5.68. The molecule has 1 saturated heterocycles. The van der Waals surface area contributed by atoms with Crippen LogP contribution in [0.2, 0.25) is 0 Å². The van der Waals surface area contributed by atoms with Gasteiger partial charge in [0, 0.05) is 25.2 Å². The molecule has 2 fully saturated rings. The number of nitrogens with two attached hydrogens (primary N) is 1. The van der Waals surface area contributed by atoms with Gasteiger partial charge in [0.25, 0.3) is 0 Å². The van der Waals surface area contributed by atoms with E-state index >= 15 is 0 Å². The Morgan fingerprint density at radius 1 is 1.41 bits per heavy atom. The Morgan fingerprint density at radius 2 is 2.18 bits per heavy atom. The highest BCUT2D eigenvalue weighted by Gasteiger charge is 2.40. The zero-order valence-corrected chi connectivity index (χ0v) is 11.5. The van der Waals surface area contributed by atoms with Gasteiger partial charge in [-0.15, -0.1) is 0 Å². The summed E-state index contributed by atoms with van der Waals surface area (Å²) in [6.07, 6.45) is 7.88. The smallest absolute Gasteiger partial charge is 0.0593 e. The highest BCUT2D eigenvalue weighted by Crippen LogP contribution is 2.36. The second-order valence-corrected chi connectivity index (χ2v) is 5.99. The first-order chi connectivity index (χ1) is 8.20. The fourth-order valence-electron chi connectivity index (χ4n) is 3.08. The first-order valence-corrected chi connectivity index (χ1v) is 7.23. The van der Waals surface area contributed by atoms with Gasteiger partial charge in [-0.1, -0.05) is 13.3 Å². The number of likely N-dealkylation sites (N-methyl/N-ethyl adjacent to an activating group) is 1. The molecule has 2 atom stereocenters. The van der Waals surface area contributed by atoms with Crippen LogP contribution in [0.5, 0.6) is 0 Å². The maximum atomic E-state index is 6.10. The Kier molecular flexibility index (Phi) is 4.45. The van der Waals surface area contributed by atoms with Gasteiger partial charge in [0.05, 0.1) is 6.10 Å². The summed E-state index contributed by atoms with van der Waals surface area (Å²) in [7, 11) is 2.26. The standard InChI is InChI=1S/C14H28N2O/c1-3-4-13-9-14(11-15,7-8-17-13)16(2)10-12-5-6-12/h12-13H,3-11,15H2,1-2H3. The van der Waals surface area contributed by atoms with Crippen molar-refractivity contribution < 1.29 is 4.74 Å². The molecule has 0 aromatic carbocycles. The first-order valence-electron chi connectivity index (χ1n) is 7.23.